The van der Waals surface area contributed by atoms with Crippen molar-refractivity contribution in [2.45, 2.75) is 43.5 Å². The van der Waals surface area contributed by atoms with Gasteiger partial charge in [0.1, 0.15) is 0 Å². The van der Waals surface area contributed by atoms with Gasteiger partial charge in [0.25, 0.3) is 0 Å². The van der Waals surface area contributed by atoms with E-state index in [1.54, 1.807) is 12.1 Å². The number of sulfonamides is 1. The van der Waals surface area contributed by atoms with Crippen LogP contribution < -0.4 is 15.5 Å². The maximum absolute atomic E-state index is 13.1. The van der Waals surface area contributed by atoms with Crippen molar-refractivity contribution in [3.8, 4) is 0 Å². The summed E-state index contributed by atoms with van der Waals surface area (Å²) in [6, 6.07) is 8.10. The maximum Gasteiger partial charge on any atom is 0.243 e. The lowest BCUT2D eigenvalue weighted by Crippen LogP contribution is -2.35. The van der Waals surface area contributed by atoms with Crippen LogP contribution in [-0.2, 0) is 19.6 Å². The standard InChI is InChI=1S/C22H30N4O4S2/c1-16(27)23-19(21-8-7-13-31-21)15-22(28)24-18-14-17(9-10-20(18)25(2)3)32(29,30)26-11-5-4-6-12-26/h7-10,13-14,19H,4-6,11-12,15H2,1-3H3,(H,23,27)(H,24,28). The van der Waals surface area contributed by atoms with Gasteiger partial charge in [0, 0.05) is 39.0 Å². The summed E-state index contributed by atoms with van der Waals surface area (Å²) in [7, 11) is 0.0288. The highest BCUT2D eigenvalue weighted by molar-refractivity contribution is 7.89. The summed E-state index contributed by atoms with van der Waals surface area (Å²) in [4.78, 5) is 27.4. The number of rotatable bonds is 8. The zero-order valence-corrected chi connectivity index (χ0v) is 20.3. The molecule has 2 N–H and O–H groups in total. The molecule has 10 heteroatoms. The second kappa shape index (κ2) is 10.5. The molecule has 1 aromatic carbocycles. The van der Waals surface area contributed by atoms with Gasteiger partial charge in [-0.25, -0.2) is 8.42 Å². The fourth-order valence-corrected chi connectivity index (χ4v) is 6.09. The quantitative estimate of drug-likeness (QED) is 0.607. The van der Waals surface area contributed by atoms with E-state index in [0.717, 1.165) is 24.1 Å². The van der Waals surface area contributed by atoms with Gasteiger partial charge in [-0.3, -0.25) is 9.59 Å². The van der Waals surface area contributed by atoms with E-state index in [0.29, 0.717) is 24.5 Å². The molecule has 32 heavy (non-hydrogen) atoms. The normalized spacial score (nSPS) is 15.7. The summed E-state index contributed by atoms with van der Waals surface area (Å²) < 4.78 is 27.7. The largest absolute Gasteiger partial charge is 0.376 e. The zero-order valence-electron chi connectivity index (χ0n) is 18.6. The van der Waals surface area contributed by atoms with Gasteiger partial charge in [-0.05, 0) is 42.5 Å². The lowest BCUT2D eigenvalue weighted by atomic mass is 10.1. The third kappa shape index (κ3) is 5.87. The van der Waals surface area contributed by atoms with E-state index in [1.807, 2.05) is 36.5 Å². The van der Waals surface area contributed by atoms with Gasteiger partial charge in [-0.15, -0.1) is 11.3 Å². The molecule has 1 saturated heterocycles. The highest BCUT2D eigenvalue weighted by atomic mass is 32.2. The SMILES string of the molecule is CC(=O)NC(CC(=O)Nc1cc(S(=O)(=O)N2CCCCC2)ccc1N(C)C)c1cccs1. The van der Waals surface area contributed by atoms with Crippen LogP contribution >= 0.6 is 11.3 Å². The average molecular weight is 479 g/mol. The number of nitrogens with one attached hydrogen (secondary N) is 2. The van der Waals surface area contributed by atoms with E-state index in [1.165, 1.54) is 28.6 Å². The van der Waals surface area contributed by atoms with Gasteiger partial charge in [0.15, 0.2) is 0 Å². The molecule has 2 heterocycles. The topological polar surface area (TPSA) is 98.8 Å². The molecule has 1 fully saturated rings. The molecule has 1 aliphatic rings. The Bertz CT molecular complexity index is 1050. The van der Waals surface area contributed by atoms with Gasteiger partial charge < -0.3 is 15.5 Å². The van der Waals surface area contributed by atoms with Crippen molar-refractivity contribution >= 4 is 44.5 Å². The maximum atomic E-state index is 13.1. The van der Waals surface area contributed by atoms with Crippen molar-refractivity contribution in [3.63, 3.8) is 0 Å². The van der Waals surface area contributed by atoms with Crippen molar-refractivity contribution < 1.29 is 18.0 Å². The molecule has 1 unspecified atom stereocenters. The smallest absolute Gasteiger partial charge is 0.243 e. The van der Waals surface area contributed by atoms with E-state index >= 15 is 0 Å². The Morgan fingerprint density at radius 1 is 1.16 bits per heavy atom. The molecule has 2 amide bonds. The molecular formula is C22H30N4O4S2. The third-order valence-corrected chi connectivity index (χ3v) is 8.21. The Hall–Kier alpha value is -2.43. The summed E-state index contributed by atoms with van der Waals surface area (Å²) in [5, 5.41) is 7.57. The molecule has 0 aliphatic carbocycles. The number of benzene rings is 1. The fourth-order valence-electron chi connectivity index (χ4n) is 3.76. The van der Waals surface area contributed by atoms with E-state index in [9.17, 15) is 18.0 Å². The second-order valence-corrected chi connectivity index (χ2v) is 11.0. The Morgan fingerprint density at radius 3 is 2.47 bits per heavy atom. The summed E-state index contributed by atoms with van der Waals surface area (Å²) in [6.07, 6.45) is 2.78. The van der Waals surface area contributed by atoms with Crippen molar-refractivity contribution in [1.82, 2.24) is 9.62 Å². The van der Waals surface area contributed by atoms with Crippen LogP contribution in [0.15, 0.2) is 40.6 Å². The van der Waals surface area contributed by atoms with Crippen LogP contribution in [0.2, 0.25) is 0 Å². The number of nitrogens with zero attached hydrogens (tertiary/aromatic N) is 2. The highest BCUT2D eigenvalue weighted by Crippen LogP contribution is 2.31. The van der Waals surface area contributed by atoms with E-state index < -0.39 is 16.1 Å². The predicted molar refractivity (Wildman–Crippen MR) is 128 cm³/mol. The summed E-state index contributed by atoms with van der Waals surface area (Å²) in [6.45, 7) is 2.44. The van der Waals surface area contributed by atoms with Crippen molar-refractivity contribution in [2.24, 2.45) is 0 Å². The second-order valence-electron chi connectivity index (χ2n) is 8.06. The van der Waals surface area contributed by atoms with Crippen LogP contribution in [0.25, 0.3) is 0 Å². The van der Waals surface area contributed by atoms with Gasteiger partial charge in [-0.1, -0.05) is 12.5 Å². The molecular weight excluding hydrogens is 448 g/mol. The van der Waals surface area contributed by atoms with Crippen molar-refractivity contribution in [2.75, 3.05) is 37.4 Å². The molecule has 1 atom stereocenters. The molecule has 174 valence electrons. The number of carbonyl (C=O) groups excluding carboxylic acids is 2. The van der Waals surface area contributed by atoms with E-state index in [-0.39, 0.29) is 23.1 Å². The van der Waals surface area contributed by atoms with Crippen LogP contribution in [0.1, 0.15) is 43.5 Å². The molecule has 1 aromatic heterocycles. The molecule has 0 saturated carbocycles. The number of amides is 2. The van der Waals surface area contributed by atoms with Gasteiger partial charge >= 0.3 is 0 Å². The van der Waals surface area contributed by atoms with Crippen molar-refractivity contribution in [1.29, 1.82) is 0 Å². The minimum atomic E-state index is -3.63. The monoisotopic (exact) mass is 478 g/mol. The van der Waals surface area contributed by atoms with Crippen LogP contribution in [-0.4, -0.2) is 51.7 Å². The Kier molecular flexibility index (Phi) is 7.91. The van der Waals surface area contributed by atoms with Gasteiger partial charge in [-0.2, -0.15) is 4.31 Å². The number of thiophene rings is 1. The number of hydrogen-bond donors (Lipinski definition) is 2. The Labute approximate surface area is 193 Å². The van der Waals surface area contributed by atoms with Crippen LogP contribution in [0, 0.1) is 0 Å². The van der Waals surface area contributed by atoms with Gasteiger partial charge in [0.05, 0.1) is 28.7 Å². The summed E-state index contributed by atoms with van der Waals surface area (Å²) in [5.74, 6) is -0.535. The summed E-state index contributed by atoms with van der Waals surface area (Å²) >= 11 is 1.46. The lowest BCUT2D eigenvalue weighted by molar-refractivity contribution is -0.120. The first kappa shape index (κ1) is 24.2. The number of piperidine rings is 1. The zero-order chi connectivity index (χ0) is 23.3. The number of anilines is 2. The first-order valence-electron chi connectivity index (χ1n) is 10.6. The van der Waals surface area contributed by atoms with Crippen LogP contribution in [0.3, 0.4) is 0 Å². The van der Waals surface area contributed by atoms with Crippen LogP contribution in [0.4, 0.5) is 11.4 Å². The number of carbonyl (C=O) groups is 2. The first-order valence-corrected chi connectivity index (χ1v) is 12.9. The van der Waals surface area contributed by atoms with E-state index in [4.69, 9.17) is 0 Å². The number of hydrogen-bond acceptors (Lipinski definition) is 6. The average Bonchev–Trinajstić information content (AvgIpc) is 3.28. The summed E-state index contributed by atoms with van der Waals surface area (Å²) in [5.41, 5.74) is 1.12. The highest BCUT2D eigenvalue weighted by Gasteiger charge is 2.27. The molecule has 1 aliphatic heterocycles. The Morgan fingerprint density at radius 2 is 1.88 bits per heavy atom. The fraction of sp³-hybridized carbons (Fsp3) is 0.455. The predicted octanol–water partition coefficient (Wildman–Crippen LogP) is 3.19. The third-order valence-electron chi connectivity index (χ3n) is 5.33. The Balaban J connectivity index is 1.84. The van der Waals surface area contributed by atoms with Crippen molar-refractivity contribution in [3.05, 3.63) is 40.6 Å². The molecule has 2 aromatic rings. The molecule has 0 radical (unpaired) electrons. The lowest BCUT2D eigenvalue weighted by Gasteiger charge is -2.27. The van der Waals surface area contributed by atoms with Crippen LogP contribution in [0.5, 0.6) is 0 Å². The van der Waals surface area contributed by atoms with Gasteiger partial charge in [0.2, 0.25) is 21.8 Å². The molecule has 0 bridgehead atoms. The minimum absolute atomic E-state index is 0.0378. The first-order chi connectivity index (χ1) is 15.2. The minimum Gasteiger partial charge on any atom is -0.376 e. The van der Waals surface area contributed by atoms with E-state index in [2.05, 4.69) is 10.6 Å². The molecule has 0 spiro atoms. The molecule has 8 nitrogen and oxygen atoms in total. The molecule has 3 rings (SSSR count).